The molecule has 1 aliphatic heterocycles. The number of para-hydroxylation sites is 2. The van der Waals surface area contributed by atoms with Crippen LogP contribution in [-0.2, 0) is 16.1 Å². The largest absolute Gasteiger partial charge is 0.304 e. The maximum atomic E-state index is 13.1. The first-order chi connectivity index (χ1) is 10.9. The van der Waals surface area contributed by atoms with Crippen LogP contribution < -0.4 is 9.80 Å². The van der Waals surface area contributed by atoms with Crippen LogP contribution in [0, 0.1) is 0 Å². The highest BCUT2D eigenvalue weighted by molar-refractivity contribution is 6.14. The molecule has 1 aliphatic rings. The van der Waals surface area contributed by atoms with Gasteiger partial charge in [-0.25, -0.2) is 0 Å². The van der Waals surface area contributed by atoms with Gasteiger partial charge >= 0.3 is 0 Å². The van der Waals surface area contributed by atoms with Crippen LogP contribution >= 0.6 is 0 Å². The fourth-order valence-corrected chi connectivity index (χ4v) is 3.20. The molecular formula is C19H20N2O2. The van der Waals surface area contributed by atoms with Crippen molar-refractivity contribution in [2.75, 3.05) is 9.80 Å². The van der Waals surface area contributed by atoms with Crippen LogP contribution in [-0.4, -0.2) is 17.4 Å². The van der Waals surface area contributed by atoms with Crippen LogP contribution in [0.15, 0.2) is 54.6 Å². The molecule has 0 saturated carbocycles. The van der Waals surface area contributed by atoms with E-state index in [0.29, 0.717) is 6.54 Å². The first-order valence-corrected chi connectivity index (χ1v) is 7.68. The summed E-state index contributed by atoms with van der Waals surface area (Å²) in [5.74, 6) is -0.203. The second kappa shape index (κ2) is 5.54. The fourth-order valence-electron chi connectivity index (χ4n) is 3.20. The van der Waals surface area contributed by atoms with E-state index in [1.807, 2.05) is 54.6 Å². The Morgan fingerprint density at radius 3 is 2.13 bits per heavy atom. The minimum atomic E-state index is -0.908. The van der Waals surface area contributed by atoms with Gasteiger partial charge in [-0.2, -0.15) is 0 Å². The highest BCUT2D eigenvalue weighted by Crippen LogP contribution is 2.41. The Bertz CT molecular complexity index is 753. The lowest BCUT2D eigenvalue weighted by molar-refractivity contribution is -0.127. The number of fused-ring (bicyclic) bond motifs is 1. The summed E-state index contributed by atoms with van der Waals surface area (Å²) in [6.45, 7) is 5.58. The van der Waals surface area contributed by atoms with Crippen LogP contribution in [0.5, 0.6) is 0 Å². The minimum absolute atomic E-state index is 0.0738. The van der Waals surface area contributed by atoms with Crippen molar-refractivity contribution in [2.45, 2.75) is 32.9 Å². The smallest absolute Gasteiger partial charge is 0.253 e. The van der Waals surface area contributed by atoms with E-state index in [2.05, 4.69) is 0 Å². The summed E-state index contributed by atoms with van der Waals surface area (Å²) >= 11 is 0. The van der Waals surface area contributed by atoms with Gasteiger partial charge in [-0.3, -0.25) is 14.5 Å². The van der Waals surface area contributed by atoms with E-state index in [0.717, 1.165) is 16.9 Å². The molecule has 0 N–H and O–H groups in total. The van der Waals surface area contributed by atoms with Gasteiger partial charge in [0.25, 0.3) is 5.91 Å². The average molecular weight is 308 g/mol. The number of hydrogen-bond acceptors (Lipinski definition) is 2. The van der Waals surface area contributed by atoms with Gasteiger partial charge in [0.15, 0.2) is 0 Å². The molecule has 2 aromatic carbocycles. The molecule has 0 aromatic heterocycles. The summed E-state index contributed by atoms with van der Waals surface area (Å²) in [6.07, 6.45) is 0. The summed E-state index contributed by atoms with van der Waals surface area (Å²) in [5, 5.41) is 0. The Hall–Kier alpha value is -2.62. The molecule has 0 atom stereocenters. The van der Waals surface area contributed by atoms with Gasteiger partial charge in [-0.1, -0.05) is 42.5 Å². The first kappa shape index (κ1) is 15.3. The summed E-state index contributed by atoms with van der Waals surface area (Å²) in [6, 6.07) is 17.4. The van der Waals surface area contributed by atoms with E-state index in [1.165, 1.54) is 6.92 Å². The summed E-state index contributed by atoms with van der Waals surface area (Å²) in [4.78, 5) is 28.6. The monoisotopic (exact) mass is 308 g/mol. The Morgan fingerprint density at radius 1 is 0.957 bits per heavy atom. The molecule has 0 spiro atoms. The van der Waals surface area contributed by atoms with Crippen LogP contribution in [0.25, 0.3) is 0 Å². The van der Waals surface area contributed by atoms with E-state index >= 15 is 0 Å². The van der Waals surface area contributed by atoms with Crippen LogP contribution in [0.4, 0.5) is 11.4 Å². The van der Waals surface area contributed by atoms with Crippen molar-refractivity contribution in [2.24, 2.45) is 0 Å². The maximum absolute atomic E-state index is 13.1. The zero-order valence-electron chi connectivity index (χ0n) is 13.6. The SMILES string of the molecule is CC(=O)N1c2ccccc2N(Cc2ccccc2)C(=O)C1(C)C. The second-order valence-corrected chi connectivity index (χ2v) is 6.28. The predicted octanol–water partition coefficient (Wildman–Crippen LogP) is 3.36. The normalized spacial score (nSPS) is 16.2. The molecule has 0 aliphatic carbocycles. The highest BCUT2D eigenvalue weighted by Gasteiger charge is 2.46. The van der Waals surface area contributed by atoms with Crippen LogP contribution in [0.1, 0.15) is 26.3 Å². The number of carbonyl (C=O) groups excluding carboxylic acids is 2. The van der Waals surface area contributed by atoms with Gasteiger partial charge in [-0.05, 0) is 31.5 Å². The van der Waals surface area contributed by atoms with Gasteiger partial charge < -0.3 is 4.90 Å². The van der Waals surface area contributed by atoms with Crippen molar-refractivity contribution in [3.63, 3.8) is 0 Å². The van der Waals surface area contributed by atoms with E-state index in [9.17, 15) is 9.59 Å². The van der Waals surface area contributed by atoms with Crippen LogP contribution in [0.3, 0.4) is 0 Å². The number of carbonyl (C=O) groups is 2. The lowest BCUT2D eigenvalue weighted by Crippen LogP contribution is -2.61. The topological polar surface area (TPSA) is 40.6 Å². The quantitative estimate of drug-likeness (QED) is 0.853. The van der Waals surface area contributed by atoms with Gasteiger partial charge in [0, 0.05) is 6.92 Å². The van der Waals surface area contributed by atoms with E-state index < -0.39 is 5.54 Å². The summed E-state index contributed by atoms with van der Waals surface area (Å²) in [5.41, 5.74) is 1.70. The fraction of sp³-hybridized carbons (Fsp3) is 0.263. The van der Waals surface area contributed by atoms with Crippen molar-refractivity contribution < 1.29 is 9.59 Å². The van der Waals surface area contributed by atoms with Crippen molar-refractivity contribution >= 4 is 23.2 Å². The molecule has 118 valence electrons. The molecule has 3 rings (SSSR count). The van der Waals surface area contributed by atoms with Crippen LogP contribution in [0.2, 0.25) is 0 Å². The standard InChI is InChI=1S/C19H20N2O2/c1-14(22)21-17-12-8-7-11-16(17)20(18(23)19(21,2)3)13-15-9-5-4-6-10-15/h4-12H,13H2,1-3H3. The van der Waals surface area contributed by atoms with Gasteiger partial charge in [0.2, 0.25) is 5.91 Å². The van der Waals surface area contributed by atoms with E-state index in [1.54, 1.807) is 23.6 Å². The Labute approximate surface area is 136 Å². The molecule has 2 aromatic rings. The van der Waals surface area contributed by atoms with Crippen molar-refractivity contribution in [1.82, 2.24) is 0 Å². The van der Waals surface area contributed by atoms with Gasteiger partial charge in [-0.15, -0.1) is 0 Å². The summed E-state index contributed by atoms with van der Waals surface area (Å²) < 4.78 is 0. The Balaban J connectivity index is 2.11. The number of rotatable bonds is 2. The molecule has 0 fully saturated rings. The molecule has 1 heterocycles. The first-order valence-electron chi connectivity index (χ1n) is 7.68. The molecule has 2 amide bonds. The van der Waals surface area contributed by atoms with E-state index in [-0.39, 0.29) is 11.8 Å². The van der Waals surface area contributed by atoms with Crippen molar-refractivity contribution in [3.05, 3.63) is 60.2 Å². The zero-order chi connectivity index (χ0) is 16.6. The summed E-state index contributed by atoms with van der Waals surface area (Å²) in [7, 11) is 0. The molecule has 0 saturated heterocycles. The number of amides is 2. The molecule has 0 unspecified atom stereocenters. The molecule has 23 heavy (non-hydrogen) atoms. The molecular weight excluding hydrogens is 288 g/mol. The molecule has 4 nitrogen and oxygen atoms in total. The molecule has 0 bridgehead atoms. The Morgan fingerprint density at radius 2 is 1.52 bits per heavy atom. The number of anilines is 2. The lowest BCUT2D eigenvalue weighted by atomic mass is 9.94. The third-order valence-electron chi connectivity index (χ3n) is 4.24. The predicted molar refractivity (Wildman–Crippen MR) is 91.3 cm³/mol. The Kier molecular flexibility index (Phi) is 3.68. The lowest BCUT2D eigenvalue weighted by Gasteiger charge is -2.46. The second-order valence-electron chi connectivity index (χ2n) is 6.28. The zero-order valence-corrected chi connectivity index (χ0v) is 13.6. The van der Waals surface area contributed by atoms with Gasteiger partial charge in [0.05, 0.1) is 17.9 Å². The molecule has 4 heteroatoms. The minimum Gasteiger partial charge on any atom is -0.304 e. The third kappa shape index (κ3) is 2.50. The maximum Gasteiger partial charge on any atom is 0.253 e. The highest BCUT2D eigenvalue weighted by atomic mass is 16.2. The van der Waals surface area contributed by atoms with Gasteiger partial charge in [0.1, 0.15) is 5.54 Å². The van der Waals surface area contributed by atoms with Crippen molar-refractivity contribution in [3.8, 4) is 0 Å². The van der Waals surface area contributed by atoms with Crippen molar-refractivity contribution in [1.29, 1.82) is 0 Å². The van der Waals surface area contributed by atoms with E-state index in [4.69, 9.17) is 0 Å². The number of hydrogen-bond donors (Lipinski definition) is 0. The number of benzene rings is 2. The molecule has 0 radical (unpaired) electrons. The average Bonchev–Trinajstić information content (AvgIpc) is 2.52. The third-order valence-corrected chi connectivity index (χ3v) is 4.24. The number of nitrogens with zero attached hydrogens (tertiary/aromatic N) is 2.